The minimum atomic E-state index is -0.179. The number of hydrogen-bond acceptors (Lipinski definition) is 3. The highest BCUT2D eigenvalue weighted by atomic mass is 79.9. The van der Waals surface area contributed by atoms with Crippen molar-refractivity contribution in [2.24, 2.45) is 0 Å². The molecular weight excluding hydrogens is 432 g/mol. The predicted molar refractivity (Wildman–Crippen MR) is 116 cm³/mol. The molecule has 0 radical (unpaired) electrons. The summed E-state index contributed by atoms with van der Waals surface area (Å²) >= 11 is 3.49. The van der Waals surface area contributed by atoms with Gasteiger partial charge in [-0.05, 0) is 55.8 Å². The second-order valence-electron chi connectivity index (χ2n) is 6.74. The molecule has 0 bridgehead atoms. The van der Waals surface area contributed by atoms with Crippen LogP contribution in [0.2, 0.25) is 0 Å². The van der Waals surface area contributed by atoms with E-state index in [9.17, 15) is 9.59 Å². The van der Waals surface area contributed by atoms with Gasteiger partial charge in [0.25, 0.3) is 5.91 Å². The lowest BCUT2D eigenvalue weighted by molar-refractivity contribution is -0.121. The highest BCUT2D eigenvalue weighted by molar-refractivity contribution is 9.10. The molecule has 0 aliphatic heterocycles. The molecule has 150 valence electrons. The Kier molecular flexibility index (Phi) is 6.82. The van der Waals surface area contributed by atoms with Crippen molar-refractivity contribution < 1.29 is 9.59 Å². The van der Waals surface area contributed by atoms with Gasteiger partial charge in [0.15, 0.2) is 0 Å². The smallest absolute Gasteiger partial charge is 0.253 e. The summed E-state index contributed by atoms with van der Waals surface area (Å²) in [5, 5.41) is 5.68. The topological polar surface area (TPSA) is 76.0 Å². The Morgan fingerprint density at radius 3 is 2.55 bits per heavy atom. The number of carbonyl (C=O) groups is 2. The molecule has 7 heteroatoms. The van der Waals surface area contributed by atoms with Gasteiger partial charge in [-0.3, -0.25) is 14.6 Å². The molecule has 2 N–H and O–H groups in total. The third kappa shape index (κ3) is 5.32. The first-order chi connectivity index (χ1) is 14.0. The van der Waals surface area contributed by atoms with E-state index in [1.165, 1.54) is 0 Å². The Morgan fingerprint density at radius 2 is 1.83 bits per heavy atom. The minimum absolute atomic E-state index is 0.110. The molecule has 3 rings (SSSR count). The molecule has 0 aliphatic carbocycles. The molecule has 0 unspecified atom stereocenters. The van der Waals surface area contributed by atoms with Crippen LogP contribution in [0.5, 0.6) is 0 Å². The first-order valence-corrected chi connectivity index (χ1v) is 10.1. The van der Waals surface area contributed by atoms with E-state index in [0.29, 0.717) is 12.1 Å². The first-order valence-electron chi connectivity index (χ1n) is 9.34. The second kappa shape index (κ2) is 9.52. The number of aryl methyl sites for hydroxylation is 1. The molecule has 0 spiro atoms. The van der Waals surface area contributed by atoms with Crippen LogP contribution >= 0.6 is 15.9 Å². The highest BCUT2D eigenvalue weighted by Gasteiger charge is 2.16. The van der Waals surface area contributed by atoms with Gasteiger partial charge in [-0.2, -0.15) is 0 Å². The largest absolute Gasteiger partial charge is 0.352 e. The van der Waals surface area contributed by atoms with E-state index in [1.54, 1.807) is 12.4 Å². The van der Waals surface area contributed by atoms with Crippen LogP contribution in [0, 0.1) is 13.8 Å². The third-order valence-electron chi connectivity index (χ3n) is 4.62. The molecule has 0 saturated carbocycles. The first kappa shape index (κ1) is 20.8. The van der Waals surface area contributed by atoms with Crippen LogP contribution in [0.1, 0.15) is 33.7 Å². The van der Waals surface area contributed by atoms with Crippen molar-refractivity contribution in [2.75, 3.05) is 6.54 Å². The molecule has 29 heavy (non-hydrogen) atoms. The van der Waals surface area contributed by atoms with Gasteiger partial charge in [-0.1, -0.05) is 22.0 Å². The van der Waals surface area contributed by atoms with E-state index in [-0.39, 0.29) is 24.8 Å². The van der Waals surface area contributed by atoms with Crippen molar-refractivity contribution in [1.29, 1.82) is 0 Å². The van der Waals surface area contributed by atoms with Crippen molar-refractivity contribution in [3.63, 3.8) is 0 Å². The summed E-state index contributed by atoms with van der Waals surface area (Å²) in [6.07, 6.45) is 3.60. The fourth-order valence-corrected chi connectivity index (χ4v) is 3.57. The summed E-state index contributed by atoms with van der Waals surface area (Å²) in [5.41, 5.74) is 4.42. The van der Waals surface area contributed by atoms with Crippen LogP contribution in [0.25, 0.3) is 5.69 Å². The number of hydrogen-bond donors (Lipinski definition) is 2. The summed E-state index contributed by atoms with van der Waals surface area (Å²) in [4.78, 5) is 28.6. The number of aromatic nitrogens is 2. The number of halogens is 1. The quantitative estimate of drug-likeness (QED) is 0.571. The van der Waals surface area contributed by atoms with Gasteiger partial charge in [0.2, 0.25) is 5.91 Å². The lowest BCUT2D eigenvalue weighted by atomic mass is 10.2. The average molecular weight is 455 g/mol. The lowest BCUT2D eigenvalue weighted by Crippen LogP contribution is -2.30. The highest BCUT2D eigenvalue weighted by Crippen LogP contribution is 2.23. The van der Waals surface area contributed by atoms with Crippen LogP contribution < -0.4 is 10.6 Å². The van der Waals surface area contributed by atoms with E-state index in [0.717, 1.165) is 27.1 Å². The van der Waals surface area contributed by atoms with Crippen molar-refractivity contribution in [3.8, 4) is 5.69 Å². The molecule has 0 aliphatic rings. The molecule has 0 saturated heterocycles. The maximum Gasteiger partial charge on any atom is 0.253 e. The summed E-state index contributed by atoms with van der Waals surface area (Å²) < 4.78 is 3.02. The van der Waals surface area contributed by atoms with Crippen LogP contribution in [0.4, 0.5) is 0 Å². The second-order valence-corrected chi connectivity index (χ2v) is 7.65. The average Bonchev–Trinajstić information content (AvgIpc) is 3.01. The summed E-state index contributed by atoms with van der Waals surface area (Å²) in [6, 6.07) is 13.5. The number of nitrogens with zero attached hydrogens (tertiary/aromatic N) is 2. The molecule has 2 heterocycles. The van der Waals surface area contributed by atoms with Crippen molar-refractivity contribution >= 4 is 27.7 Å². The number of rotatable bonds is 7. The molecule has 2 amide bonds. The Hall–Kier alpha value is -2.93. The molecular formula is C22H23BrN4O2. The summed E-state index contributed by atoms with van der Waals surface area (Å²) in [6.45, 7) is 4.62. The van der Waals surface area contributed by atoms with Crippen LogP contribution in [-0.2, 0) is 11.3 Å². The lowest BCUT2D eigenvalue weighted by Gasteiger charge is -2.11. The van der Waals surface area contributed by atoms with Gasteiger partial charge in [0.05, 0.1) is 5.56 Å². The Labute approximate surface area is 178 Å². The molecule has 0 fully saturated rings. The van der Waals surface area contributed by atoms with E-state index >= 15 is 0 Å². The normalized spacial score (nSPS) is 10.6. The Bertz CT molecular complexity index is 1010. The Morgan fingerprint density at radius 1 is 1.07 bits per heavy atom. The molecule has 6 nitrogen and oxygen atoms in total. The number of benzene rings is 1. The van der Waals surface area contributed by atoms with Crippen molar-refractivity contribution in [3.05, 3.63) is 81.8 Å². The molecule has 1 aromatic carbocycles. The molecule has 2 aromatic heterocycles. The molecule has 0 atom stereocenters. The van der Waals surface area contributed by atoms with Gasteiger partial charge >= 0.3 is 0 Å². The number of pyridine rings is 1. The third-order valence-corrected chi connectivity index (χ3v) is 5.11. The van der Waals surface area contributed by atoms with Crippen molar-refractivity contribution in [2.45, 2.75) is 26.8 Å². The van der Waals surface area contributed by atoms with E-state index in [4.69, 9.17) is 0 Å². The zero-order valence-corrected chi connectivity index (χ0v) is 18.0. The van der Waals surface area contributed by atoms with Crippen molar-refractivity contribution in [1.82, 2.24) is 20.2 Å². The SMILES string of the molecule is Cc1cc(C(=O)NCCC(=O)NCc2ccncc2)c(C)n1-c1cccc(Br)c1. The number of nitrogens with one attached hydrogen (secondary N) is 2. The van der Waals surface area contributed by atoms with Gasteiger partial charge < -0.3 is 15.2 Å². The van der Waals surface area contributed by atoms with Crippen LogP contribution in [0.15, 0.2) is 59.3 Å². The maximum atomic E-state index is 12.6. The van der Waals surface area contributed by atoms with Crippen LogP contribution in [0.3, 0.4) is 0 Å². The van der Waals surface area contributed by atoms with Gasteiger partial charge in [-0.25, -0.2) is 0 Å². The van der Waals surface area contributed by atoms with Gasteiger partial charge in [-0.15, -0.1) is 0 Å². The number of carbonyl (C=O) groups excluding carboxylic acids is 2. The van der Waals surface area contributed by atoms with E-state index in [1.807, 2.05) is 60.9 Å². The Balaban J connectivity index is 1.56. The number of amides is 2. The van der Waals surface area contributed by atoms with Gasteiger partial charge in [0, 0.05) is 53.5 Å². The maximum absolute atomic E-state index is 12.6. The predicted octanol–water partition coefficient (Wildman–Crippen LogP) is 3.69. The fourth-order valence-electron chi connectivity index (χ4n) is 3.18. The minimum Gasteiger partial charge on any atom is -0.352 e. The standard InChI is InChI=1S/C22H23BrN4O2/c1-15-12-20(16(2)27(15)19-5-3-4-18(23)13-19)22(29)25-11-8-21(28)26-14-17-6-9-24-10-7-17/h3-7,9-10,12-13H,8,11,14H2,1-2H3,(H,25,29)(H,26,28). The summed E-state index contributed by atoms with van der Waals surface area (Å²) in [7, 11) is 0. The van der Waals surface area contributed by atoms with Crippen LogP contribution in [-0.4, -0.2) is 27.9 Å². The zero-order chi connectivity index (χ0) is 20.8. The van der Waals surface area contributed by atoms with Gasteiger partial charge in [0.1, 0.15) is 0 Å². The zero-order valence-electron chi connectivity index (χ0n) is 16.4. The van der Waals surface area contributed by atoms with E-state index < -0.39 is 0 Å². The summed E-state index contributed by atoms with van der Waals surface area (Å²) in [5.74, 6) is -0.289. The fraction of sp³-hybridized carbons (Fsp3) is 0.227. The molecule has 3 aromatic rings. The van der Waals surface area contributed by atoms with E-state index in [2.05, 4.69) is 31.5 Å². The monoisotopic (exact) mass is 454 g/mol.